The molecule has 9 heteroatoms. The molecule has 2 rings (SSSR count). The van der Waals surface area contributed by atoms with Crippen LogP contribution in [0.1, 0.15) is 5.56 Å². The van der Waals surface area contributed by atoms with Crippen LogP contribution < -0.4 is 15.4 Å². The van der Waals surface area contributed by atoms with Crippen molar-refractivity contribution in [3.63, 3.8) is 0 Å². The highest BCUT2D eigenvalue weighted by Gasteiger charge is 2.22. The zero-order chi connectivity index (χ0) is 18.8. The van der Waals surface area contributed by atoms with Crippen molar-refractivity contribution in [1.82, 2.24) is 0 Å². The molecule has 1 amide bonds. The van der Waals surface area contributed by atoms with Gasteiger partial charge in [0.1, 0.15) is 6.54 Å². The number of para-hydroxylation sites is 1. The second-order valence-corrected chi connectivity index (χ2v) is 8.18. The number of rotatable bonds is 5. The fraction of sp³-hybridized carbons (Fsp3) is 0.188. The Hall–Kier alpha value is -1.96. The van der Waals surface area contributed by atoms with Crippen LogP contribution in [-0.4, -0.2) is 27.1 Å². The molecule has 0 atom stereocenters. The first-order valence-corrected chi connectivity index (χ1v) is 9.77. The Kier molecular flexibility index (Phi) is 5.82. The Labute approximate surface area is 156 Å². The van der Waals surface area contributed by atoms with Crippen LogP contribution in [0.5, 0.6) is 0 Å². The van der Waals surface area contributed by atoms with Crippen LogP contribution >= 0.6 is 23.2 Å². The SMILES string of the molecule is Cc1ccccc1N(CC(=O)Nc1cc(Cl)c(N)c(Cl)c1)S(C)(=O)=O. The maximum absolute atomic E-state index is 12.3. The number of hydrogen-bond donors (Lipinski definition) is 2. The lowest BCUT2D eigenvalue weighted by molar-refractivity contribution is -0.114. The average Bonchev–Trinajstić information content (AvgIpc) is 2.50. The quantitative estimate of drug-likeness (QED) is 0.751. The van der Waals surface area contributed by atoms with Crippen molar-refractivity contribution >= 4 is 56.2 Å². The van der Waals surface area contributed by atoms with E-state index in [1.165, 1.54) is 12.1 Å². The first kappa shape index (κ1) is 19.4. The molecule has 0 saturated carbocycles. The predicted octanol–water partition coefficient (Wildman–Crippen LogP) is 3.29. The monoisotopic (exact) mass is 401 g/mol. The molecule has 0 aromatic heterocycles. The number of amides is 1. The number of nitrogens with one attached hydrogen (secondary N) is 1. The van der Waals surface area contributed by atoms with Gasteiger partial charge in [-0.15, -0.1) is 0 Å². The molecule has 0 heterocycles. The summed E-state index contributed by atoms with van der Waals surface area (Å²) >= 11 is 11.9. The summed E-state index contributed by atoms with van der Waals surface area (Å²) in [5.74, 6) is -0.536. The highest BCUT2D eigenvalue weighted by molar-refractivity contribution is 7.92. The topological polar surface area (TPSA) is 92.5 Å². The van der Waals surface area contributed by atoms with Gasteiger partial charge in [-0.2, -0.15) is 0 Å². The van der Waals surface area contributed by atoms with Gasteiger partial charge in [-0.1, -0.05) is 41.4 Å². The third kappa shape index (κ3) is 4.78. The molecule has 134 valence electrons. The molecule has 2 aromatic rings. The lowest BCUT2D eigenvalue weighted by atomic mass is 10.2. The van der Waals surface area contributed by atoms with E-state index in [2.05, 4.69) is 5.32 Å². The Bertz CT molecular complexity index is 894. The van der Waals surface area contributed by atoms with E-state index < -0.39 is 15.9 Å². The summed E-state index contributed by atoms with van der Waals surface area (Å²) in [5, 5.41) is 2.97. The third-order valence-corrected chi connectivity index (χ3v) is 5.19. The first-order chi connectivity index (χ1) is 11.6. The molecular weight excluding hydrogens is 385 g/mol. The summed E-state index contributed by atoms with van der Waals surface area (Å²) in [6, 6.07) is 9.79. The van der Waals surface area contributed by atoms with Crippen LogP contribution in [0, 0.1) is 6.92 Å². The van der Waals surface area contributed by atoms with Gasteiger partial charge in [0.2, 0.25) is 15.9 Å². The minimum absolute atomic E-state index is 0.196. The molecule has 0 saturated heterocycles. The molecule has 0 bridgehead atoms. The number of nitrogens with zero attached hydrogens (tertiary/aromatic N) is 1. The summed E-state index contributed by atoms with van der Waals surface area (Å²) in [6.07, 6.45) is 1.05. The molecule has 0 aliphatic carbocycles. The van der Waals surface area contributed by atoms with Crippen molar-refractivity contribution in [2.24, 2.45) is 0 Å². The summed E-state index contributed by atoms with van der Waals surface area (Å²) in [4.78, 5) is 12.3. The molecule has 25 heavy (non-hydrogen) atoms. The lowest BCUT2D eigenvalue weighted by Gasteiger charge is -2.23. The van der Waals surface area contributed by atoms with Gasteiger partial charge in [0, 0.05) is 5.69 Å². The smallest absolute Gasteiger partial charge is 0.245 e. The van der Waals surface area contributed by atoms with E-state index in [0.717, 1.165) is 16.1 Å². The highest BCUT2D eigenvalue weighted by Crippen LogP contribution is 2.31. The van der Waals surface area contributed by atoms with Crippen molar-refractivity contribution in [1.29, 1.82) is 0 Å². The normalized spacial score (nSPS) is 11.2. The molecule has 6 nitrogen and oxygen atoms in total. The minimum Gasteiger partial charge on any atom is -0.396 e. The number of sulfonamides is 1. The van der Waals surface area contributed by atoms with E-state index in [9.17, 15) is 13.2 Å². The maximum Gasteiger partial charge on any atom is 0.245 e. The number of benzene rings is 2. The fourth-order valence-corrected chi connectivity index (χ4v) is 3.61. The number of halogens is 2. The Balaban J connectivity index is 2.26. The van der Waals surface area contributed by atoms with Gasteiger partial charge in [-0.05, 0) is 30.7 Å². The van der Waals surface area contributed by atoms with Crippen LogP contribution in [0.2, 0.25) is 10.0 Å². The number of aryl methyl sites for hydroxylation is 1. The van der Waals surface area contributed by atoms with Crippen LogP contribution in [0.4, 0.5) is 17.1 Å². The lowest BCUT2D eigenvalue weighted by Crippen LogP contribution is -2.37. The van der Waals surface area contributed by atoms with E-state index >= 15 is 0 Å². The van der Waals surface area contributed by atoms with E-state index in [-0.39, 0.29) is 22.3 Å². The van der Waals surface area contributed by atoms with Crippen molar-refractivity contribution in [3.8, 4) is 0 Å². The summed E-state index contributed by atoms with van der Waals surface area (Å²) in [5.41, 5.74) is 7.36. The number of carbonyl (C=O) groups is 1. The molecular formula is C16H17Cl2N3O3S. The maximum atomic E-state index is 12.3. The van der Waals surface area contributed by atoms with E-state index in [1.54, 1.807) is 31.2 Å². The van der Waals surface area contributed by atoms with E-state index in [4.69, 9.17) is 28.9 Å². The minimum atomic E-state index is -3.65. The van der Waals surface area contributed by atoms with Crippen molar-refractivity contribution in [2.45, 2.75) is 6.92 Å². The standard InChI is InChI=1S/C16H17Cl2N3O3S/c1-10-5-3-4-6-14(10)21(25(2,23)24)9-15(22)20-11-7-12(17)16(19)13(18)8-11/h3-8H,9,19H2,1-2H3,(H,20,22). The van der Waals surface area contributed by atoms with Crippen molar-refractivity contribution in [2.75, 3.05) is 28.2 Å². The second kappa shape index (κ2) is 7.51. The molecule has 0 radical (unpaired) electrons. The van der Waals surface area contributed by atoms with Gasteiger partial charge in [0.25, 0.3) is 0 Å². The van der Waals surface area contributed by atoms with Gasteiger partial charge >= 0.3 is 0 Å². The van der Waals surface area contributed by atoms with Crippen LogP contribution in [0.25, 0.3) is 0 Å². The first-order valence-electron chi connectivity index (χ1n) is 7.17. The zero-order valence-corrected chi connectivity index (χ0v) is 15.9. The Morgan fingerprint density at radius 1 is 1.20 bits per heavy atom. The molecule has 0 fully saturated rings. The van der Waals surface area contributed by atoms with E-state index in [0.29, 0.717) is 11.4 Å². The van der Waals surface area contributed by atoms with Crippen molar-refractivity contribution in [3.05, 3.63) is 52.0 Å². The van der Waals surface area contributed by atoms with Crippen LogP contribution in [0.15, 0.2) is 36.4 Å². The highest BCUT2D eigenvalue weighted by atomic mass is 35.5. The van der Waals surface area contributed by atoms with Gasteiger partial charge in [-0.3, -0.25) is 9.10 Å². The third-order valence-electron chi connectivity index (χ3n) is 3.43. The van der Waals surface area contributed by atoms with Crippen molar-refractivity contribution < 1.29 is 13.2 Å². The number of nitrogen functional groups attached to an aromatic ring is 1. The van der Waals surface area contributed by atoms with Crippen LogP contribution in [-0.2, 0) is 14.8 Å². The van der Waals surface area contributed by atoms with E-state index in [1.807, 2.05) is 0 Å². The molecule has 0 aliphatic rings. The number of anilines is 3. The van der Waals surface area contributed by atoms with Gasteiger partial charge < -0.3 is 11.1 Å². The van der Waals surface area contributed by atoms with Crippen LogP contribution in [0.3, 0.4) is 0 Å². The number of nitrogens with two attached hydrogens (primary N) is 1. The number of carbonyl (C=O) groups excluding carboxylic acids is 1. The predicted molar refractivity (Wildman–Crippen MR) is 103 cm³/mol. The molecule has 0 aliphatic heterocycles. The zero-order valence-electron chi connectivity index (χ0n) is 13.6. The molecule has 0 spiro atoms. The summed E-state index contributed by atoms with van der Waals surface area (Å²) in [6.45, 7) is 1.38. The second-order valence-electron chi connectivity index (χ2n) is 5.46. The summed E-state index contributed by atoms with van der Waals surface area (Å²) in [7, 11) is -3.65. The molecule has 0 unspecified atom stereocenters. The Morgan fingerprint density at radius 3 is 2.28 bits per heavy atom. The summed E-state index contributed by atoms with van der Waals surface area (Å²) < 4.78 is 25.3. The Morgan fingerprint density at radius 2 is 1.76 bits per heavy atom. The molecule has 3 N–H and O–H groups in total. The largest absolute Gasteiger partial charge is 0.396 e. The average molecular weight is 402 g/mol. The fourth-order valence-electron chi connectivity index (χ4n) is 2.21. The number of hydrogen-bond acceptors (Lipinski definition) is 4. The molecule has 2 aromatic carbocycles. The van der Waals surface area contributed by atoms with Gasteiger partial charge in [-0.25, -0.2) is 8.42 Å². The van der Waals surface area contributed by atoms with Gasteiger partial charge in [0.05, 0.1) is 27.7 Å². The van der Waals surface area contributed by atoms with Gasteiger partial charge in [0.15, 0.2) is 0 Å².